The maximum absolute atomic E-state index is 11.1. The fourth-order valence-electron chi connectivity index (χ4n) is 1.70. The van der Waals surface area contributed by atoms with E-state index in [0.29, 0.717) is 12.2 Å². The minimum absolute atomic E-state index is 0.0186. The molecule has 0 saturated carbocycles. The molecular formula is C11H18NO4P. The number of Topliss-reactive ketones (excluding diaryl/α,β-unsaturated/α-hetero) is 1. The van der Waals surface area contributed by atoms with E-state index in [-0.39, 0.29) is 26.8 Å². The highest BCUT2D eigenvalue weighted by Crippen LogP contribution is 2.23. The van der Waals surface area contributed by atoms with Crippen molar-refractivity contribution in [2.45, 2.75) is 39.0 Å². The van der Waals surface area contributed by atoms with Gasteiger partial charge in [0.25, 0.3) is 0 Å². The highest BCUT2D eigenvalue weighted by molar-refractivity contribution is 7.17. The fraction of sp³-hybridized carbons (Fsp3) is 0.727. The molecule has 1 fully saturated rings. The number of carbonyl (C=O) groups is 1. The van der Waals surface area contributed by atoms with E-state index < -0.39 is 0 Å². The van der Waals surface area contributed by atoms with Crippen LogP contribution >= 0.6 is 8.69 Å². The number of carbonyl (C=O) groups excluding carboxylic acids is 1. The van der Waals surface area contributed by atoms with Crippen molar-refractivity contribution in [3.05, 3.63) is 11.8 Å². The third-order valence-corrected chi connectivity index (χ3v) is 3.06. The first-order valence-electron chi connectivity index (χ1n) is 5.56. The summed E-state index contributed by atoms with van der Waals surface area (Å²) in [7, 11) is 1.57. The molecule has 0 amide bonds. The Kier molecular flexibility index (Phi) is 5.75. The zero-order valence-corrected chi connectivity index (χ0v) is 11.3. The number of rotatable bonds is 6. The molecule has 2 unspecified atom stereocenters. The van der Waals surface area contributed by atoms with Gasteiger partial charge in [-0.2, -0.15) is 0 Å². The molecule has 1 heterocycles. The number of hydrogen-bond acceptors (Lipinski definition) is 5. The fourth-order valence-corrected chi connectivity index (χ4v) is 1.93. The van der Waals surface area contributed by atoms with Gasteiger partial charge in [-0.3, -0.25) is 9.32 Å². The minimum atomic E-state index is -0.312. The second kappa shape index (κ2) is 6.84. The Bertz CT molecular complexity index is 319. The van der Waals surface area contributed by atoms with Crippen LogP contribution in [-0.4, -0.2) is 36.7 Å². The molecule has 1 rings (SSSR count). The summed E-state index contributed by atoms with van der Waals surface area (Å²) in [4.78, 5) is 13.0. The second-order valence-electron chi connectivity index (χ2n) is 4.19. The lowest BCUT2D eigenvalue weighted by atomic mass is 10.2. The predicted molar refractivity (Wildman–Crippen MR) is 63.7 cm³/mol. The van der Waals surface area contributed by atoms with Crippen molar-refractivity contribution < 1.29 is 18.6 Å². The highest BCUT2D eigenvalue weighted by atomic mass is 31.1. The molecule has 1 saturated heterocycles. The van der Waals surface area contributed by atoms with Gasteiger partial charge in [0.2, 0.25) is 0 Å². The highest BCUT2D eigenvalue weighted by Gasteiger charge is 2.27. The summed E-state index contributed by atoms with van der Waals surface area (Å²) in [5, 5.41) is 0. The molecule has 6 heteroatoms. The molecule has 1 aliphatic heterocycles. The van der Waals surface area contributed by atoms with Crippen molar-refractivity contribution in [3.8, 4) is 0 Å². The van der Waals surface area contributed by atoms with E-state index in [1.54, 1.807) is 20.0 Å². The topological polar surface area (TPSA) is 55.8 Å². The van der Waals surface area contributed by atoms with Crippen LogP contribution in [0, 0.1) is 0 Å². The van der Waals surface area contributed by atoms with E-state index in [0.717, 1.165) is 12.8 Å². The van der Waals surface area contributed by atoms with E-state index in [4.69, 9.17) is 9.26 Å². The van der Waals surface area contributed by atoms with Crippen LogP contribution in [-0.2, 0) is 18.6 Å². The van der Waals surface area contributed by atoms with Crippen LogP contribution in [0.4, 0.5) is 0 Å². The van der Waals surface area contributed by atoms with Gasteiger partial charge in [-0.05, 0) is 26.7 Å². The summed E-state index contributed by atoms with van der Waals surface area (Å²) in [6, 6.07) is 0. The smallest absolute Gasteiger partial charge is 0.327 e. The minimum Gasteiger partial charge on any atom is -0.355 e. The van der Waals surface area contributed by atoms with Crippen LogP contribution in [0.5, 0.6) is 0 Å². The normalized spacial score (nSPS) is 25.2. The summed E-state index contributed by atoms with van der Waals surface area (Å²) >= 11 is 0. The molecule has 0 aromatic carbocycles. The first-order valence-corrected chi connectivity index (χ1v) is 6.29. The van der Waals surface area contributed by atoms with Crippen LogP contribution in [0.2, 0.25) is 0 Å². The number of ether oxygens (including phenoxy) is 1. The van der Waals surface area contributed by atoms with Gasteiger partial charge in [0.1, 0.15) is 6.23 Å². The number of nitrogens with zero attached hydrogens (tertiary/aromatic N) is 1. The first-order chi connectivity index (χ1) is 8.04. The average molecular weight is 259 g/mol. The van der Waals surface area contributed by atoms with Gasteiger partial charge in [-0.1, -0.05) is 0 Å². The van der Waals surface area contributed by atoms with E-state index in [9.17, 15) is 9.36 Å². The zero-order chi connectivity index (χ0) is 12.8. The summed E-state index contributed by atoms with van der Waals surface area (Å²) in [6.45, 7) is 3.66. The third kappa shape index (κ3) is 4.54. The molecule has 5 nitrogen and oxygen atoms in total. The van der Waals surface area contributed by atoms with Gasteiger partial charge in [-0.15, -0.1) is 0 Å². The Balaban J connectivity index is 2.45. The van der Waals surface area contributed by atoms with Crippen LogP contribution in [0.25, 0.3) is 0 Å². The summed E-state index contributed by atoms with van der Waals surface area (Å²) in [6.07, 6.45) is 3.48. The standard InChI is InChI=1S/C11H18NO4P/c1-8(9(2)13)6-12(3)11-5-4-10(16-11)7-15-17-14/h6,10-11H,4-5,7H2,1-3H3/b8-6-. The summed E-state index contributed by atoms with van der Waals surface area (Å²) < 4.78 is 20.6. The molecule has 2 atom stereocenters. The number of allylic oxidation sites excluding steroid dienone is 1. The van der Waals surface area contributed by atoms with Crippen LogP contribution in [0.15, 0.2) is 11.8 Å². The summed E-state index contributed by atoms with van der Waals surface area (Å²) in [5.41, 5.74) is 0.703. The van der Waals surface area contributed by atoms with Crippen molar-refractivity contribution in [1.29, 1.82) is 0 Å². The van der Waals surface area contributed by atoms with Gasteiger partial charge in [0.15, 0.2) is 5.78 Å². The third-order valence-electron chi connectivity index (χ3n) is 2.81. The number of ketones is 1. The van der Waals surface area contributed by atoms with Gasteiger partial charge >= 0.3 is 8.69 Å². The van der Waals surface area contributed by atoms with Crippen molar-refractivity contribution >= 4 is 14.5 Å². The lowest BCUT2D eigenvalue weighted by molar-refractivity contribution is -0.113. The molecule has 0 N–H and O–H groups in total. The van der Waals surface area contributed by atoms with Crippen LogP contribution in [0.3, 0.4) is 0 Å². The maximum Gasteiger partial charge on any atom is 0.327 e. The molecule has 0 bridgehead atoms. The Hall–Kier alpha value is -0.770. The Morgan fingerprint density at radius 3 is 2.82 bits per heavy atom. The lowest BCUT2D eigenvalue weighted by Gasteiger charge is -2.23. The molecule has 0 aromatic heterocycles. The van der Waals surface area contributed by atoms with Crippen molar-refractivity contribution in [1.82, 2.24) is 4.90 Å². The molecule has 0 aromatic rings. The van der Waals surface area contributed by atoms with Gasteiger partial charge in [0, 0.05) is 18.8 Å². The SMILES string of the molecule is CC(=O)/C(C)=C\N(C)C1CCC(COP=O)O1. The predicted octanol–water partition coefficient (Wildman–Crippen LogP) is 2.14. The zero-order valence-electron chi connectivity index (χ0n) is 10.4. The number of hydrogen-bond donors (Lipinski definition) is 0. The molecular weight excluding hydrogens is 241 g/mol. The molecule has 0 radical (unpaired) electrons. The van der Waals surface area contributed by atoms with Gasteiger partial charge in [-0.25, -0.2) is 4.57 Å². The van der Waals surface area contributed by atoms with E-state index in [1.165, 1.54) is 0 Å². The van der Waals surface area contributed by atoms with E-state index in [2.05, 4.69) is 0 Å². The van der Waals surface area contributed by atoms with Gasteiger partial charge in [0.05, 0.1) is 12.7 Å². The molecule has 0 spiro atoms. The van der Waals surface area contributed by atoms with Gasteiger partial charge < -0.3 is 9.64 Å². The maximum atomic E-state index is 11.1. The summed E-state index contributed by atoms with van der Waals surface area (Å²) in [5.74, 6) is 0.0554. The van der Waals surface area contributed by atoms with Crippen molar-refractivity contribution in [3.63, 3.8) is 0 Å². The molecule has 96 valence electrons. The molecule has 1 aliphatic rings. The Morgan fingerprint density at radius 1 is 1.53 bits per heavy atom. The van der Waals surface area contributed by atoms with E-state index in [1.807, 2.05) is 11.9 Å². The average Bonchev–Trinajstić information content (AvgIpc) is 2.74. The largest absolute Gasteiger partial charge is 0.355 e. The molecule has 0 aliphatic carbocycles. The Labute approximate surface area is 103 Å². The van der Waals surface area contributed by atoms with Crippen LogP contribution in [0.1, 0.15) is 26.7 Å². The first kappa shape index (κ1) is 14.3. The quantitative estimate of drug-likeness (QED) is 0.540. The monoisotopic (exact) mass is 259 g/mol. The van der Waals surface area contributed by atoms with Crippen molar-refractivity contribution in [2.75, 3.05) is 13.7 Å². The van der Waals surface area contributed by atoms with E-state index >= 15 is 0 Å². The van der Waals surface area contributed by atoms with Crippen LogP contribution < -0.4 is 0 Å². The van der Waals surface area contributed by atoms with Crippen molar-refractivity contribution in [2.24, 2.45) is 0 Å². The lowest BCUT2D eigenvalue weighted by Crippen LogP contribution is -2.28. The Morgan fingerprint density at radius 2 is 2.24 bits per heavy atom. The molecule has 17 heavy (non-hydrogen) atoms. The second-order valence-corrected chi connectivity index (χ2v) is 4.60.